The van der Waals surface area contributed by atoms with Crippen molar-refractivity contribution in [2.45, 2.75) is 17.7 Å². The summed E-state index contributed by atoms with van der Waals surface area (Å²) >= 11 is 0. The lowest BCUT2D eigenvalue weighted by atomic mass is 10.1. The second-order valence-electron chi connectivity index (χ2n) is 4.93. The highest BCUT2D eigenvalue weighted by Gasteiger charge is 2.23. The number of anilines is 1. The number of carbonyl (C=O) groups excluding carboxylic acids is 1. The highest BCUT2D eigenvalue weighted by atomic mass is 35.5. The normalized spacial score (nSPS) is 15.3. The third kappa shape index (κ3) is 3.28. The standard InChI is InChI=1S/C15H14N2O3S.ClH/c18-15(11-5-7-16-8-6-11)17-13-3-4-14-12(10-13)2-1-9-21(14,19)20;/h3-8,10H,1-2,9H2,(H,17,18);1H. The second kappa shape index (κ2) is 6.46. The van der Waals surface area contributed by atoms with Crippen LogP contribution in [0.25, 0.3) is 0 Å². The summed E-state index contributed by atoms with van der Waals surface area (Å²) in [5.74, 6) is -0.0427. The zero-order valence-corrected chi connectivity index (χ0v) is 13.3. The Labute approximate surface area is 135 Å². The van der Waals surface area contributed by atoms with Crippen molar-refractivity contribution in [1.29, 1.82) is 0 Å². The van der Waals surface area contributed by atoms with Crippen LogP contribution in [0.3, 0.4) is 0 Å². The molecule has 3 rings (SSSR count). The molecule has 0 saturated carbocycles. The molecule has 1 N–H and O–H groups in total. The van der Waals surface area contributed by atoms with E-state index in [2.05, 4.69) is 10.3 Å². The van der Waals surface area contributed by atoms with E-state index >= 15 is 0 Å². The van der Waals surface area contributed by atoms with Crippen molar-refractivity contribution in [3.05, 3.63) is 53.9 Å². The number of halogens is 1. The number of nitrogens with one attached hydrogen (secondary N) is 1. The molecule has 0 bridgehead atoms. The van der Waals surface area contributed by atoms with E-state index in [1.165, 1.54) is 0 Å². The molecule has 0 atom stereocenters. The first-order valence-corrected chi connectivity index (χ1v) is 8.28. The van der Waals surface area contributed by atoms with Crippen molar-refractivity contribution in [1.82, 2.24) is 4.98 Å². The Kier molecular flexibility index (Phi) is 4.83. The van der Waals surface area contributed by atoms with Gasteiger partial charge in [0.15, 0.2) is 9.84 Å². The lowest BCUT2D eigenvalue weighted by molar-refractivity contribution is 0.102. The maximum absolute atomic E-state index is 12.1. The summed E-state index contributed by atoms with van der Waals surface area (Å²) < 4.78 is 23.9. The molecule has 1 aromatic carbocycles. The van der Waals surface area contributed by atoms with Gasteiger partial charge in [-0.05, 0) is 48.7 Å². The molecule has 1 aliphatic heterocycles. The minimum atomic E-state index is -3.16. The Morgan fingerprint density at radius 2 is 1.86 bits per heavy atom. The van der Waals surface area contributed by atoms with Crippen LogP contribution in [-0.2, 0) is 16.3 Å². The second-order valence-corrected chi connectivity index (χ2v) is 7.01. The average Bonchev–Trinajstić information content (AvgIpc) is 2.47. The first kappa shape index (κ1) is 16.5. The predicted molar refractivity (Wildman–Crippen MR) is 86.3 cm³/mol. The quantitative estimate of drug-likeness (QED) is 0.912. The zero-order valence-electron chi connectivity index (χ0n) is 11.7. The number of aryl methyl sites for hydroxylation is 1. The number of hydrogen-bond acceptors (Lipinski definition) is 4. The molecule has 0 spiro atoms. The maximum Gasteiger partial charge on any atom is 0.255 e. The highest BCUT2D eigenvalue weighted by molar-refractivity contribution is 7.91. The van der Waals surface area contributed by atoms with Gasteiger partial charge < -0.3 is 5.32 Å². The van der Waals surface area contributed by atoms with Gasteiger partial charge in [-0.2, -0.15) is 0 Å². The van der Waals surface area contributed by atoms with E-state index in [0.29, 0.717) is 29.0 Å². The van der Waals surface area contributed by atoms with E-state index in [-0.39, 0.29) is 24.1 Å². The SMILES string of the molecule is Cl.O=C(Nc1ccc2c(c1)CCCS2(=O)=O)c1ccncc1. The van der Waals surface area contributed by atoms with Gasteiger partial charge in [0.25, 0.3) is 5.91 Å². The van der Waals surface area contributed by atoms with Gasteiger partial charge in [0, 0.05) is 23.6 Å². The van der Waals surface area contributed by atoms with Crippen LogP contribution in [-0.4, -0.2) is 25.1 Å². The van der Waals surface area contributed by atoms with E-state index in [1.54, 1.807) is 42.7 Å². The number of sulfone groups is 1. The Morgan fingerprint density at radius 3 is 2.59 bits per heavy atom. The van der Waals surface area contributed by atoms with Crippen molar-refractivity contribution in [2.24, 2.45) is 0 Å². The molecular formula is C15H15ClN2O3S. The molecular weight excluding hydrogens is 324 g/mol. The van der Waals surface area contributed by atoms with E-state index in [9.17, 15) is 13.2 Å². The van der Waals surface area contributed by atoms with Crippen molar-refractivity contribution >= 4 is 33.8 Å². The maximum atomic E-state index is 12.1. The first-order valence-electron chi connectivity index (χ1n) is 6.63. The van der Waals surface area contributed by atoms with Crippen LogP contribution < -0.4 is 5.32 Å². The largest absolute Gasteiger partial charge is 0.322 e. The van der Waals surface area contributed by atoms with Crippen LogP contribution in [0.2, 0.25) is 0 Å². The molecule has 5 nitrogen and oxygen atoms in total. The summed E-state index contributed by atoms with van der Waals surface area (Å²) in [5.41, 5.74) is 1.89. The Bertz CT molecular complexity index is 792. The third-order valence-corrected chi connectivity index (χ3v) is 5.35. The first-order chi connectivity index (χ1) is 10.1. The molecule has 2 aromatic rings. The fourth-order valence-electron chi connectivity index (χ4n) is 2.43. The topological polar surface area (TPSA) is 76.1 Å². The molecule has 7 heteroatoms. The molecule has 2 heterocycles. The molecule has 0 fully saturated rings. The highest BCUT2D eigenvalue weighted by Crippen LogP contribution is 2.27. The van der Waals surface area contributed by atoms with Gasteiger partial charge in [0.05, 0.1) is 10.6 Å². The lowest BCUT2D eigenvalue weighted by Gasteiger charge is -2.17. The number of nitrogens with zero attached hydrogens (tertiary/aromatic N) is 1. The zero-order chi connectivity index (χ0) is 14.9. The molecule has 0 aliphatic carbocycles. The molecule has 22 heavy (non-hydrogen) atoms. The van der Waals surface area contributed by atoms with Gasteiger partial charge in [0.1, 0.15) is 0 Å². The summed E-state index contributed by atoms with van der Waals surface area (Å²) in [6, 6.07) is 8.19. The Balaban J connectivity index is 0.00000176. The van der Waals surface area contributed by atoms with Crippen LogP contribution in [0.4, 0.5) is 5.69 Å². The van der Waals surface area contributed by atoms with Gasteiger partial charge in [-0.1, -0.05) is 0 Å². The Morgan fingerprint density at radius 1 is 1.14 bits per heavy atom. The minimum absolute atomic E-state index is 0. The number of rotatable bonds is 2. The van der Waals surface area contributed by atoms with Crippen LogP contribution in [0.15, 0.2) is 47.6 Å². The molecule has 1 amide bonds. The fraction of sp³-hybridized carbons (Fsp3) is 0.200. The van der Waals surface area contributed by atoms with Crippen LogP contribution in [0.1, 0.15) is 22.3 Å². The van der Waals surface area contributed by atoms with Crippen molar-refractivity contribution in [2.75, 3.05) is 11.1 Å². The number of amides is 1. The molecule has 0 radical (unpaired) electrons. The Hall–Kier alpha value is -1.92. The van der Waals surface area contributed by atoms with E-state index < -0.39 is 9.84 Å². The van der Waals surface area contributed by atoms with Crippen LogP contribution >= 0.6 is 12.4 Å². The van der Waals surface area contributed by atoms with E-state index in [1.807, 2.05) is 0 Å². The molecule has 0 unspecified atom stereocenters. The van der Waals surface area contributed by atoms with E-state index in [0.717, 1.165) is 5.56 Å². The van der Waals surface area contributed by atoms with Gasteiger partial charge >= 0.3 is 0 Å². The third-order valence-electron chi connectivity index (χ3n) is 3.46. The smallest absolute Gasteiger partial charge is 0.255 e. The predicted octanol–water partition coefficient (Wildman–Crippen LogP) is 2.48. The summed E-state index contributed by atoms with van der Waals surface area (Å²) in [7, 11) is -3.16. The number of aromatic nitrogens is 1. The van der Waals surface area contributed by atoms with Crippen LogP contribution in [0, 0.1) is 0 Å². The number of hydrogen-bond donors (Lipinski definition) is 1. The molecule has 1 aromatic heterocycles. The minimum Gasteiger partial charge on any atom is -0.322 e. The monoisotopic (exact) mass is 338 g/mol. The summed E-state index contributed by atoms with van der Waals surface area (Å²) in [6.07, 6.45) is 4.44. The number of pyridine rings is 1. The molecule has 116 valence electrons. The van der Waals surface area contributed by atoms with Gasteiger partial charge in [-0.3, -0.25) is 9.78 Å². The number of fused-ring (bicyclic) bond motifs is 1. The van der Waals surface area contributed by atoms with Crippen molar-refractivity contribution in [3.8, 4) is 0 Å². The van der Waals surface area contributed by atoms with Crippen molar-refractivity contribution < 1.29 is 13.2 Å². The van der Waals surface area contributed by atoms with Crippen molar-refractivity contribution in [3.63, 3.8) is 0 Å². The summed E-state index contributed by atoms with van der Waals surface area (Å²) in [5, 5.41) is 2.77. The molecule has 0 saturated heterocycles. The summed E-state index contributed by atoms with van der Waals surface area (Å²) in [6.45, 7) is 0. The fourth-order valence-corrected chi connectivity index (χ4v) is 4.01. The van der Waals surface area contributed by atoms with Gasteiger partial charge in [-0.25, -0.2) is 8.42 Å². The summed E-state index contributed by atoms with van der Waals surface area (Å²) in [4.78, 5) is 16.3. The average molecular weight is 339 g/mol. The molecule has 1 aliphatic rings. The van der Waals surface area contributed by atoms with E-state index in [4.69, 9.17) is 0 Å². The van der Waals surface area contributed by atoms with Crippen LogP contribution in [0.5, 0.6) is 0 Å². The van der Waals surface area contributed by atoms with Gasteiger partial charge in [0.2, 0.25) is 0 Å². The lowest BCUT2D eigenvalue weighted by Crippen LogP contribution is -2.17. The number of carbonyl (C=O) groups is 1. The number of benzene rings is 1. The van der Waals surface area contributed by atoms with Gasteiger partial charge in [-0.15, -0.1) is 12.4 Å².